The third-order valence-corrected chi connectivity index (χ3v) is 4.44. The number of hydrogen-bond donors (Lipinski definition) is 2. The van der Waals surface area contributed by atoms with Crippen LogP contribution in [0.3, 0.4) is 0 Å². The molecule has 152 valence electrons. The van der Waals surface area contributed by atoms with Crippen LogP contribution in [-0.2, 0) is 11.6 Å². The van der Waals surface area contributed by atoms with Crippen LogP contribution >= 0.6 is 0 Å². The van der Waals surface area contributed by atoms with Gasteiger partial charge in [-0.1, -0.05) is 38.1 Å². The molecule has 0 amide bonds. The first-order valence-corrected chi connectivity index (χ1v) is 9.31. The minimum atomic E-state index is -4.33. The van der Waals surface area contributed by atoms with Gasteiger partial charge in [0.1, 0.15) is 5.82 Å². The fourth-order valence-electron chi connectivity index (χ4n) is 2.80. The Morgan fingerprint density at radius 2 is 1.50 bits per heavy atom. The van der Waals surface area contributed by atoms with E-state index in [4.69, 9.17) is 0 Å². The van der Waals surface area contributed by atoms with Crippen LogP contribution in [-0.4, -0.2) is 23.1 Å². The van der Waals surface area contributed by atoms with Gasteiger partial charge in [0.2, 0.25) is 5.95 Å². The maximum Gasteiger partial charge on any atom is 0.416 e. The number of allylic oxidation sites excluding steroid dienone is 1. The molecule has 1 heterocycles. The zero-order valence-corrected chi connectivity index (χ0v) is 16.9. The summed E-state index contributed by atoms with van der Waals surface area (Å²) in [6.07, 6.45) is -0.433. The number of hydrogen-bond acceptors (Lipinski definition) is 4. The van der Waals surface area contributed by atoms with Crippen LogP contribution in [0.4, 0.5) is 24.9 Å². The molecule has 0 aliphatic rings. The van der Waals surface area contributed by atoms with Crippen molar-refractivity contribution in [3.05, 3.63) is 52.7 Å². The number of anilines is 2. The molecule has 1 aromatic heterocycles. The highest BCUT2D eigenvalue weighted by Gasteiger charge is 2.30. The molecular weight excluding hydrogens is 365 g/mol. The van der Waals surface area contributed by atoms with Gasteiger partial charge in [0.05, 0.1) is 11.3 Å². The Kier molecular flexibility index (Phi) is 6.69. The number of aryl methyl sites for hydroxylation is 1. The SMILES string of the molecule is CCNc1nc(C)c(/C=C/C(C)(C)c2ccc(C(F)(F)F)cc2)c(NCC)n1. The van der Waals surface area contributed by atoms with Gasteiger partial charge in [0.25, 0.3) is 0 Å². The molecule has 0 atom stereocenters. The van der Waals surface area contributed by atoms with E-state index >= 15 is 0 Å². The maximum absolute atomic E-state index is 12.8. The number of nitrogens with zero attached hydrogens (tertiary/aromatic N) is 2. The molecule has 0 spiro atoms. The quantitative estimate of drug-likeness (QED) is 0.638. The minimum absolute atomic E-state index is 0.458. The first kappa shape index (κ1) is 21.7. The van der Waals surface area contributed by atoms with Gasteiger partial charge >= 0.3 is 6.18 Å². The molecule has 0 bridgehead atoms. The van der Waals surface area contributed by atoms with E-state index in [1.807, 2.05) is 46.8 Å². The summed E-state index contributed by atoms with van der Waals surface area (Å²) in [7, 11) is 0. The van der Waals surface area contributed by atoms with Gasteiger partial charge in [0.15, 0.2) is 0 Å². The van der Waals surface area contributed by atoms with E-state index in [1.165, 1.54) is 12.1 Å². The van der Waals surface area contributed by atoms with Crippen molar-refractivity contribution in [2.24, 2.45) is 0 Å². The number of rotatable bonds is 7. The normalized spacial score (nSPS) is 12.4. The Bertz CT molecular complexity index is 825. The van der Waals surface area contributed by atoms with Crippen molar-refractivity contribution in [3.8, 4) is 0 Å². The van der Waals surface area contributed by atoms with Crippen LogP contribution in [0.15, 0.2) is 30.3 Å². The van der Waals surface area contributed by atoms with Crippen LogP contribution < -0.4 is 10.6 Å². The fraction of sp³-hybridized carbons (Fsp3) is 0.429. The van der Waals surface area contributed by atoms with Crippen LogP contribution in [0.5, 0.6) is 0 Å². The Morgan fingerprint density at radius 1 is 0.929 bits per heavy atom. The Labute approximate surface area is 164 Å². The highest BCUT2D eigenvalue weighted by Crippen LogP contribution is 2.32. The van der Waals surface area contributed by atoms with Gasteiger partial charge in [-0.2, -0.15) is 18.2 Å². The molecule has 0 aliphatic heterocycles. The molecule has 7 heteroatoms. The first-order chi connectivity index (χ1) is 13.1. The number of nitrogens with one attached hydrogen (secondary N) is 2. The van der Waals surface area contributed by atoms with Crippen molar-refractivity contribution < 1.29 is 13.2 Å². The van der Waals surface area contributed by atoms with Crippen molar-refractivity contribution in [1.29, 1.82) is 0 Å². The van der Waals surface area contributed by atoms with Gasteiger partial charge in [-0.15, -0.1) is 0 Å². The zero-order valence-electron chi connectivity index (χ0n) is 16.9. The van der Waals surface area contributed by atoms with E-state index in [9.17, 15) is 13.2 Å². The molecule has 0 aliphatic carbocycles. The molecule has 1 aromatic carbocycles. The summed E-state index contributed by atoms with van der Waals surface area (Å²) in [4.78, 5) is 8.99. The average molecular weight is 392 g/mol. The Morgan fingerprint density at radius 3 is 2.04 bits per heavy atom. The third-order valence-electron chi connectivity index (χ3n) is 4.44. The number of halogens is 3. The lowest BCUT2D eigenvalue weighted by molar-refractivity contribution is -0.137. The molecule has 2 aromatic rings. The molecule has 28 heavy (non-hydrogen) atoms. The molecule has 2 N–H and O–H groups in total. The number of aromatic nitrogens is 2. The lowest BCUT2D eigenvalue weighted by atomic mass is 9.83. The predicted molar refractivity (Wildman–Crippen MR) is 109 cm³/mol. The van der Waals surface area contributed by atoms with E-state index in [1.54, 1.807) is 0 Å². The summed E-state index contributed by atoms with van der Waals surface area (Å²) < 4.78 is 38.4. The summed E-state index contributed by atoms with van der Waals surface area (Å²) in [6, 6.07) is 5.29. The summed E-state index contributed by atoms with van der Waals surface area (Å²) in [5.74, 6) is 1.29. The molecule has 0 saturated carbocycles. The second-order valence-corrected chi connectivity index (χ2v) is 7.09. The van der Waals surface area contributed by atoms with Gasteiger partial charge in [-0.3, -0.25) is 0 Å². The molecule has 4 nitrogen and oxygen atoms in total. The summed E-state index contributed by atoms with van der Waals surface area (Å²) in [6.45, 7) is 11.2. The average Bonchev–Trinajstić information content (AvgIpc) is 2.61. The molecule has 0 radical (unpaired) electrons. The molecular formula is C21H27F3N4. The summed E-state index contributed by atoms with van der Waals surface area (Å²) in [5.41, 5.74) is 1.38. The second kappa shape index (κ2) is 8.63. The lowest BCUT2D eigenvalue weighted by Gasteiger charge is -2.22. The predicted octanol–water partition coefficient (Wildman–Crippen LogP) is 5.66. The molecule has 0 fully saturated rings. The van der Waals surface area contributed by atoms with E-state index in [2.05, 4.69) is 20.6 Å². The van der Waals surface area contributed by atoms with Crippen molar-refractivity contribution >= 4 is 17.8 Å². The number of benzene rings is 1. The summed E-state index contributed by atoms with van der Waals surface area (Å²) >= 11 is 0. The first-order valence-electron chi connectivity index (χ1n) is 9.31. The Balaban J connectivity index is 2.35. The van der Waals surface area contributed by atoms with Crippen LogP contribution in [0.1, 0.15) is 50.1 Å². The summed E-state index contributed by atoms with van der Waals surface area (Å²) in [5, 5.41) is 6.36. The topological polar surface area (TPSA) is 49.8 Å². The zero-order chi connectivity index (χ0) is 20.9. The van der Waals surface area contributed by atoms with Crippen molar-refractivity contribution in [2.75, 3.05) is 23.7 Å². The van der Waals surface area contributed by atoms with Crippen LogP contribution in [0.25, 0.3) is 6.08 Å². The second-order valence-electron chi connectivity index (χ2n) is 7.09. The molecule has 0 saturated heterocycles. The third kappa shape index (κ3) is 5.24. The van der Waals surface area contributed by atoms with Gasteiger partial charge in [-0.25, -0.2) is 4.98 Å². The van der Waals surface area contributed by atoms with Gasteiger partial charge in [0, 0.05) is 24.1 Å². The van der Waals surface area contributed by atoms with E-state index in [0.717, 1.165) is 41.3 Å². The van der Waals surface area contributed by atoms with Crippen LogP contribution in [0, 0.1) is 6.92 Å². The fourth-order valence-corrected chi connectivity index (χ4v) is 2.80. The van der Waals surface area contributed by atoms with Gasteiger partial charge in [-0.05, 0) is 38.5 Å². The standard InChI is InChI=1S/C21H27F3N4/c1-6-25-18-17(14(3)27-19(28-18)26-7-2)12-13-20(4,5)15-8-10-16(11-9-15)21(22,23)24/h8-13H,6-7H2,1-5H3,(H2,25,26,27,28)/b13-12+. The highest BCUT2D eigenvalue weighted by molar-refractivity contribution is 5.67. The largest absolute Gasteiger partial charge is 0.416 e. The number of alkyl halides is 3. The lowest BCUT2D eigenvalue weighted by Crippen LogP contribution is -2.15. The molecule has 2 rings (SSSR count). The highest BCUT2D eigenvalue weighted by atomic mass is 19.4. The van der Waals surface area contributed by atoms with Crippen molar-refractivity contribution in [1.82, 2.24) is 9.97 Å². The Hall–Kier alpha value is -2.57. The monoisotopic (exact) mass is 392 g/mol. The van der Waals surface area contributed by atoms with E-state index in [0.29, 0.717) is 12.5 Å². The van der Waals surface area contributed by atoms with Crippen LogP contribution in [0.2, 0.25) is 0 Å². The minimum Gasteiger partial charge on any atom is -0.370 e. The molecule has 0 unspecified atom stereocenters. The van der Waals surface area contributed by atoms with Crippen molar-refractivity contribution in [2.45, 2.75) is 46.2 Å². The van der Waals surface area contributed by atoms with E-state index in [-0.39, 0.29) is 0 Å². The van der Waals surface area contributed by atoms with E-state index < -0.39 is 17.2 Å². The smallest absolute Gasteiger partial charge is 0.370 e. The van der Waals surface area contributed by atoms with Crippen molar-refractivity contribution in [3.63, 3.8) is 0 Å². The maximum atomic E-state index is 12.8. The van der Waals surface area contributed by atoms with Gasteiger partial charge < -0.3 is 10.6 Å².